The van der Waals surface area contributed by atoms with Crippen molar-refractivity contribution in [2.24, 2.45) is 0 Å². The van der Waals surface area contributed by atoms with Crippen LogP contribution in [0.2, 0.25) is 0 Å². The van der Waals surface area contributed by atoms with E-state index in [1.807, 2.05) is 20.9 Å². The maximum Gasteiger partial charge on any atom is 0.124 e. The van der Waals surface area contributed by atoms with Crippen LogP contribution in [-0.2, 0) is 0 Å². The first-order valence-corrected chi connectivity index (χ1v) is 6.38. The number of nitrogens with one attached hydrogen (secondary N) is 1. The predicted molar refractivity (Wildman–Crippen MR) is 71.2 cm³/mol. The van der Waals surface area contributed by atoms with Gasteiger partial charge in [-0.05, 0) is 55.0 Å². The van der Waals surface area contributed by atoms with Gasteiger partial charge < -0.3 is 5.32 Å². The molecule has 1 aromatic carbocycles. The lowest BCUT2D eigenvalue weighted by Crippen LogP contribution is -2.14. The van der Waals surface area contributed by atoms with Crippen molar-refractivity contribution >= 4 is 15.9 Å². The molecule has 0 aliphatic rings. The van der Waals surface area contributed by atoms with Crippen LogP contribution >= 0.6 is 15.9 Å². The van der Waals surface area contributed by atoms with Crippen molar-refractivity contribution in [2.45, 2.75) is 19.9 Å². The first-order valence-electron chi connectivity index (χ1n) is 5.59. The number of halogens is 2. The minimum atomic E-state index is -0.285. The highest BCUT2D eigenvalue weighted by Crippen LogP contribution is 2.24. The second-order valence-electron chi connectivity index (χ2n) is 4.08. The number of hydrogen-bond acceptors (Lipinski definition) is 3. The summed E-state index contributed by atoms with van der Waals surface area (Å²) in [5.41, 5.74) is 2.59. The summed E-state index contributed by atoms with van der Waals surface area (Å²) in [5, 5.41) is 11.4. The Balaban J connectivity index is 2.49. The lowest BCUT2D eigenvalue weighted by molar-refractivity contribution is 0.625. The molecule has 2 rings (SSSR count). The number of benzene rings is 1. The first-order chi connectivity index (χ1) is 8.54. The van der Waals surface area contributed by atoms with E-state index in [4.69, 9.17) is 0 Å². The Labute approximate surface area is 113 Å². The van der Waals surface area contributed by atoms with E-state index in [1.165, 1.54) is 12.1 Å². The molecular weight excluding hydrogens is 299 g/mol. The van der Waals surface area contributed by atoms with Gasteiger partial charge in [0.2, 0.25) is 0 Å². The quantitative estimate of drug-likeness (QED) is 0.947. The second-order valence-corrected chi connectivity index (χ2v) is 4.93. The average Bonchev–Trinajstić information content (AvgIpc) is 2.70. The maximum atomic E-state index is 13.1. The summed E-state index contributed by atoms with van der Waals surface area (Å²) in [7, 11) is 1.87. The zero-order valence-corrected chi connectivity index (χ0v) is 12.0. The van der Waals surface area contributed by atoms with Crippen molar-refractivity contribution in [1.82, 2.24) is 20.3 Å². The molecule has 1 N–H and O–H groups in total. The third-order valence-corrected chi connectivity index (χ3v) is 3.55. The van der Waals surface area contributed by atoms with E-state index in [2.05, 4.69) is 31.6 Å². The molecule has 0 aliphatic carbocycles. The van der Waals surface area contributed by atoms with Gasteiger partial charge in [0.1, 0.15) is 11.5 Å². The highest BCUT2D eigenvalue weighted by atomic mass is 79.9. The smallest absolute Gasteiger partial charge is 0.124 e. The molecular formula is C12H14BrFN4. The predicted octanol–water partition coefficient (Wildman–Crippen LogP) is 2.76. The van der Waals surface area contributed by atoms with Crippen LogP contribution in [0.1, 0.15) is 24.4 Å². The molecule has 1 unspecified atom stereocenters. The molecule has 4 nitrogen and oxygen atoms in total. The van der Waals surface area contributed by atoms with Crippen molar-refractivity contribution in [3.8, 4) is 5.69 Å². The minimum Gasteiger partial charge on any atom is -0.312 e. The highest BCUT2D eigenvalue weighted by Gasteiger charge is 2.16. The van der Waals surface area contributed by atoms with Crippen molar-refractivity contribution in [3.63, 3.8) is 0 Å². The summed E-state index contributed by atoms with van der Waals surface area (Å²) in [4.78, 5) is 0. The largest absolute Gasteiger partial charge is 0.312 e. The Morgan fingerprint density at radius 2 is 2.17 bits per heavy atom. The van der Waals surface area contributed by atoms with Crippen molar-refractivity contribution < 1.29 is 4.39 Å². The first kappa shape index (κ1) is 13.2. The number of aromatic nitrogens is 3. The molecule has 0 saturated carbocycles. The van der Waals surface area contributed by atoms with E-state index in [0.29, 0.717) is 4.47 Å². The van der Waals surface area contributed by atoms with Crippen molar-refractivity contribution in [3.05, 3.63) is 39.9 Å². The number of hydrogen-bond donors (Lipinski definition) is 1. The summed E-state index contributed by atoms with van der Waals surface area (Å²) in [5.74, 6) is -0.285. The summed E-state index contributed by atoms with van der Waals surface area (Å²) in [6.45, 7) is 3.96. The van der Waals surface area contributed by atoms with Gasteiger partial charge in [0.15, 0.2) is 0 Å². The molecule has 96 valence electrons. The standard InChI is InChI=1S/C12H14BrFN4/c1-7(15-3)12-8(2)18(17-16-12)11-5-4-9(14)6-10(11)13/h4-7,15H,1-3H3. The summed E-state index contributed by atoms with van der Waals surface area (Å²) < 4.78 is 15.4. The molecule has 0 aliphatic heterocycles. The fourth-order valence-corrected chi connectivity index (χ4v) is 2.28. The molecule has 18 heavy (non-hydrogen) atoms. The molecule has 1 heterocycles. The lowest BCUT2D eigenvalue weighted by Gasteiger charge is -2.09. The van der Waals surface area contributed by atoms with E-state index in [1.54, 1.807) is 10.7 Å². The highest BCUT2D eigenvalue weighted by molar-refractivity contribution is 9.10. The minimum absolute atomic E-state index is 0.123. The summed E-state index contributed by atoms with van der Waals surface area (Å²) in [6, 6.07) is 4.62. The van der Waals surface area contributed by atoms with Gasteiger partial charge in [-0.25, -0.2) is 9.07 Å². The Bertz CT molecular complexity index is 567. The summed E-state index contributed by atoms with van der Waals surface area (Å²) >= 11 is 3.34. The maximum absolute atomic E-state index is 13.1. The van der Waals surface area contributed by atoms with Crippen LogP contribution in [0.3, 0.4) is 0 Å². The molecule has 0 amide bonds. The molecule has 0 spiro atoms. The van der Waals surface area contributed by atoms with Crippen LogP contribution in [0.15, 0.2) is 22.7 Å². The van der Waals surface area contributed by atoms with Gasteiger partial charge in [0.25, 0.3) is 0 Å². The van der Waals surface area contributed by atoms with E-state index in [-0.39, 0.29) is 11.9 Å². The molecule has 1 aromatic heterocycles. The normalized spacial score (nSPS) is 12.7. The third-order valence-electron chi connectivity index (χ3n) is 2.91. The summed E-state index contributed by atoms with van der Waals surface area (Å²) in [6.07, 6.45) is 0. The molecule has 0 fully saturated rings. The van der Waals surface area contributed by atoms with Crippen LogP contribution in [0.25, 0.3) is 5.69 Å². The van der Waals surface area contributed by atoms with Crippen LogP contribution < -0.4 is 5.32 Å². The van der Waals surface area contributed by atoms with E-state index in [0.717, 1.165) is 17.1 Å². The van der Waals surface area contributed by atoms with Gasteiger partial charge in [0, 0.05) is 4.47 Å². The fourth-order valence-electron chi connectivity index (χ4n) is 1.76. The molecule has 0 radical (unpaired) electrons. The fraction of sp³-hybridized carbons (Fsp3) is 0.333. The monoisotopic (exact) mass is 312 g/mol. The third kappa shape index (κ3) is 2.30. The zero-order valence-electron chi connectivity index (χ0n) is 10.4. The SMILES string of the molecule is CNC(C)c1nnn(-c2ccc(F)cc2Br)c1C. The van der Waals surface area contributed by atoms with Crippen LogP contribution in [0.4, 0.5) is 4.39 Å². The zero-order chi connectivity index (χ0) is 13.3. The van der Waals surface area contributed by atoms with Gasteiger partial charge in [-0.1, -0.05) is 5.21 Å². The molecule has 6 heteroatoms. The lowest BCUT2D eigenvalue weighted by atomic mass is 10.2. The molecule has 0 bridgehead atoms. The van der Waals surface area contributed by atoms with E-state index < -0.39 is 0 Å². The van der Waals surface area contributed by atoms with E-state index in [9.17, 15) is 4.39 Å². The Kier molecular flexibility index (Phi) is 3.77. The van der Waals surface area contributed by atoms with Gasteiger partial charge in [-0.15, -0.1) is 5.10 Å². The van der Waals surface area contributed by atoms with Gasteiger partial charge in [-0.2, -0.15) is 0 Å². The average molecular weight is 313 g/mol. The topological polar surface area (TPSA) is 42.7 Å². The van der Waals surface area contributed by atoms with Gasteiger partial charge in [0.05, 0.1) is 17.4 Å². The number of nitrogens with zero attached hydrogens (tertiary/aromatic N) is 3. The van der Waals surface area contributed by atoms with Crippen LogP contribution in [-0.4, -0.2) is 22.0 Å². The Morgan fingerprint density at radius 1 is 1.44 bits per heavy atom. The van der Waals surface area contributed by atoms with Gasteiger partial charge >= 0.3 is 0 Å². The molecule has 2 aromatic rings. The van der Waals surface area contributed by atoms with E-state index >= 15 is 0 Å². The van der Waals surface area contributed by atoms with Crippen molar-refractivity contribution in [2.75, 3.05) is 7.05 Å². The number of rotatable bonds is 3. The molecule has 0 saturated heterocycles. The Morgan fingerprint density at radius 3 is 2.78 bits per heavy atom. The van der Waals surface area contributed by atoms with Crippen LogP contribution in [0.5, 0.6) is 0 Å². The second kappa shape index (κ2) is 5.16. The molecule has 1 atom stereocenters. The van der Waals surface area contributed by atoms with Crippen molar-refractivity contribution in [1.29, 1.82) is 0 Å². The van der Waals surface area contributed by atoms with Crippen LogP contribution in [0, 0.1) is 12.7 Å². The van der Waals surface area contributed by atoms with Gasteiger partial charge in [-0.3, -0.25) is 0 Å². The Hall–Kier alpha value is -1.27.